The molecule has 74 valence electrons. The van der Waals surface area contributed by atoms with Gasteiger partial charge >= 0.3 is 5.97 Å². The molecule has 0 unspecified atom stereocenters. The number of anilines is 1. The number of esters is 1. The number of methoxy groups -OCH3 is 1. The number of hydrogen-bond donors (Lipinski definition) is 2. The van der Waals surface area contributed by atoms with Crippen LogP contribution in [0.5, 0.6) is 0 Å². The van der Waals surface area contributed by atoms with Gasteiger partial charge in [0.25, 0.3) is 0 Å². The van der Waals surface area contributed by atoms with E-state index >= 15 is 0 Å². The van der Waals surface area contributed by atoms with Crippen LogP contribution in [0.2, 0.25) is 0 Å². The largest absolute Gasteiger partial charge is 0.465 e. The molecule has 0 aliphatic carbocycles. The van der Waals surface area contributed by atoms with Crippen molar-refractivity contribution in [1.29, 1.82) is 0 Å². The Morgan fingerprint density at radius 1 is 1.50 bits per heavy atom. The molecule has 0 saturated heterocycles. The molecule has 0 fully saturated rings. The maximum atomic E-state index is 11.1. The van der Waals surface area contributed by atoms with Crippen molar-refractivity contribution in [3.63, 3.8) is 0 Å². The Labute approximate surface area is 80.3 Å². The molecule has 0 amide bonds. The Bertz CT molecular complexity index is 362. The van der Waals surface area contributed by atoms with Crippen molar-refractivity contribution in [2.24, 2.45) is 0 Å². The van der Waals surface area contributed by atoms with Gasteiger partial charge in [-0.3, -0.25) is 15.5 Å². The molecule has 1 rings (SSSR count). The van der Waals surface area contributed by atoms with E-state index in [9.17, 15) is 9.59 Å². The first-order valence-electron chi connectivity index (χ1n) is 3.80. The highest BCUT2D eigenvalue weighted by atomic mass is 16.5. The first-order chi connectivity index (χ1) is 6.71. The summed E-state index contributed by atoms with van der Waals surface area (Å²) in [7, 11) is 1.24. The minimum absolute atomic E-state index is 0.202. The molecule has 0 heterocycles. The van der Waals surface area contributed by atoms with Crippen LogP contribution in [-0.4, -0.2) is 24.6 Å². The number of carbonyl (C=O) groups is 2. The summed E-state index contributed by atoms with van der Waals surface area (Å²) in [4.78, 5) is 21.6. The third-order valence-corrected chi connectivity index (χ3v) is 1.64. The van der Waals surface area contributed by atoms with Crippen molar-refractivity contribution < 1.29 is 19.5 Å². The fourth-order valence-corrected chi connectivity index (χ4v) is 1.02. The number of carbonyl (C=O) groups excluding carboxylic acids is 2. The number of aldehydes is 1. The van der Waals surface area contributed by atoms with Crippen LogP contribution in [-0.2, 0) is 4.74 Å². The van der Waals surface area contributed by atoms with E-state index in [1.807, 2.05) is 5.48 Å². The molecule has 0 spiro atoms. The molecule has 0 radical (unpaired) electrons. The van der Waals surface area contributed by atoms with Crippen LogP contribution in [0.25, 0.3) is 0 Å². The van der Waals surface area contributed by atoms with E-state index in [1.54, 1.807) is 0 Å². The lowest BCUT2D eigenvalue weighted by Gasteiger charge is -2.03. The fraction of sp³-hybridized carbons (Fsp3) is 0.111. The SMILES string of the molecule is COC(=O)c1cc(C=O)cc(NO)c1. The van der Waals surface area contributed by atoms with Crippen LogP contribution in [0.4, 0.5) is 5.69 Å². The number of ether oxygens (including phenoxy) is 1. The Morgan fingerprint density at radius 2 is 2.21 bits per heavy atom. The molecule has 5 nitrogen and oxygen atoms in total. The van der Waals surface area contributed by atoms with Gasteiger partial charge in [-0.1, -0.05) is 0 Å². The molecule has 0 aliphatic heterocycles. The highest BCUT2D eigenvalue weighted by Gasteiger charge is 2.08. The van der Waals surface area contributed by atoms with Gasteiger partial charge in [-0.25, -0.2) is 4.79 Å². The van der Waals surface area contributed by atoms with Crippen LogP contribution in [0, 0.1) is 0 Å². The minimum atomic E-state index is -0.565. The average molecular weight is 195 g/mol. The smallest absolute Gasteiger partial charge is 0.337 e. The van der Waals surface area contributed by atoms with Gasteiger partial charge in [0.2, 0.25) is 0 Å². The van der Waals surface area contributed by atoms with Crippen LogP contribution >= 0.6 is 0 Å². The van der Waals surface area contributed by atoms with E-state index in [0.29, 0.717) is 6.29 Å². The summed E-state index contributed by atoms with van der Waals surface area (Å²) in [5, 5.41) is 8.62. The lowest BCUT2D eigenvalue weighted by molar-refractivity contribution is 0.0601. The summed E-state index contributed by atoms with van der Waals surface area (Å²) in [5.41, 5.74) is 2.60. The topological polar surface area (TPSA) is 75.6 Å². The predicted octanol–water partition coefficient (Wildman–Crippen LogP) is 1.09. The molecule has 0 atom stereocenters. The molecule has 0 aromatic heterocycles. The standard InChI is InChI=1S/C9H9NO4/c1-14-9(12)7-2-6(5-11)3-8(4-7)10-13/h2-5,10,13H,1H3. The van der Waals surface area contributed by atoms with Crippen LogP contribution < -0.4 is 5.48 Å². The number of benzene rings is 1. The van der Waals surface area contributed by atoms with Crippen molar-refractivity contribution in [3.05, 3.63) is 29.3 Å². The third-order valence-electron chi connectivity index (χ3n) is 1.64. The van der Waals surface area contributed by atoms with Gasteiger partial charge in [-0.2, -0.15) is 0 Å². The molecular formula is C9H9NO4. The fourth-order valence-electron chi connectivity index (χ4n) is 1.02. The second kappa shape index (κ2) is 4.38. The van der Waals surface area contributed by atoms with Gasteiger partial charge in [0, 0.05) is 5.56 Å². The van der Waals surface area contributed by atoms with E-state index in [2.05, 4.69) is 4.74 Å². The van der Waals surface area contributed by atoms with Gasteiger partial charge in [0.1, 0.15) is 6.29 Å². The lowest BCUT2D eigenvalue weighted by atomic mass is 10.1. The summed E-state index contributed by atoms with van der Waals surface area (Å²) in [6.45, 7) is 0. The molecule has 0 saturated carbocycles. The molecule has 2 N–H and O–H groups in total. The van der Waals surface area contributed by atoms with E-state index in [-0.39, 0.29) is 16.8 Å². The van der Waals surface area contributed by atoms with E-state index in [0.717, 1.165) is 0 Å². The Kier molecular flexibility index (Phi) is 3.19. The first-order valence-corrected chi connectivity index (χ1v) is 3.80. The summed E-state index contributed by atoms with van der Waals surface area (Å²) in [5.74, 6) is -0.565. The molecule has 5 heteroatoms. The molecule has 0 bridgehead atoms. The monoisotopic (exact) mass is 195 g/mol. The number of nitrogens with one attached hydrogen (secondary N) is 1. The molecule has 1 aromatic rings. The highest BCUT2D eigenvalue weighted by molar-refractivity contribution is 5.93. The highest BCUT2D eigenvalue weighted by Crippen LogP contribution is 2.13. The summed E-state index contributed by atoms with van der Waals surface area (Å²) in [6, 6.07) is 4.15. The predicted molar refractivity (Wildman–Crippen MR) is 48.6 cm³/mol. The molecule has 14 heavy (non-hydrogen) atoms. The van der Waals surface area contributed by atoms with Crippen LogP contribution in [0.3, 0.4) is 0 Å². The Hall–Kier alpha value is -1.88. The Morgan fingerprint density at radius 3 is 2.71 bits per heavy atom. The average Bonchev–Trinajstić information content (AvgIpc) is 2.27. The van der Waals surface area contributed by atoms with Gasteiger partial charge in [-0.15, -0.1) is 0 Å². The summed E-state index contributed by atoms with van der Waals surface area (Å²) >= 11 is 0. The zero-order chi connectivity index (χ0) is 10.6. The quantitative estimate of drug-likeness (QED) is 0.429. The van der Waals surface area contributed by atoms with E-state index in [4.69, 9.17) is 5.21 Å². The van der Waals surface area contributed by atoms with Gasteiger partial charge in [0.15, 0.2) is 0 Å². The lowest BCUT2D eigenvalue weighted by Crippen LogP contribution is -2.03. The van der Waals surface area contributed by atoms with Crippen molar-refractivity contribution in [2.75, 3.05) is 12.6 Å². The second-order valence-electron chi connectivity index (χ2n) is 2.56. The van der Waals surface area contributed by atoms with Crippen LogP contribution in [0.15, 0.2) is 18.2 Å². The van der Waals surface area contributed by atoms with E-state index < -0.39 is 5.97 Å². The molecule has 1 aromatic carbocycles. The first kappa shape index (κ1) is 10.2. The zero-order valence-corrected chi connectivity index (χ0v) is 7.48. The number of rotatable bonds is 3. The van der Waals surface area contributed by atoms with Crippen molar-refractivity contribution >= 4 is 17.9 Å². The summed E-state index contributed by atoms with van der Waals surface area (Å²) in [6.07, 6.45) is 0.577. The van der Waals surface area contributed by atoms with E-state index in [1.165, 1.54) is 25.3 Å². The second-order valence-corrected chi connectivity index (χ2v) is 2.56. The zero-order valence-electron chi connectivity index (χ0n) is 7.48. The minimum Gasteiger partial charge on any atom is -0.465 e. The number of hydrogen-bond acceptors (Lipinski definition) is 5. The van der Waals surface area contributed by atoms with Crippen molar-refractivity contribution in [1.82, 2.24) is 0 Å². The summed E-state index contributed by atoms with van der Waals surface area (Å²) < 4.78 is 4.47. The maximum absolute atomic E-state index is 11.1. The van der Waals surface area contributed by atoms with Crippen LogP contribution in [0.1, 0.15) is 20.7 Å². The van der Waals surface area contributed by atoms with Gasteiger partial charge < -0.3 is 4.74 Å². The Balaban J connectivity index is 3.16. The van der Waals surface area contributed by atoms with Crippen molar-refractivity contribution in [2.45, 2.75) is 0 Å². The third kappa shape index (κ3) is 2.08. The van der Waals surface area contributed by atoms with Gasteiger partial charge in [-0.05, 0) is 18.2 Å². The molecular weight excluding hydrogens is 186 g/mol. The molecule has 0 aliphatic rings. The maximum Gasteiger partial charge on any atom is 0.337 e. The van der Waals surface area contributed by atoms with Gasteiger partial charge in [0.05, 0.1) is 18.4 Å². The van der Waals surface area contributed by atoms with Crippen molar-refractivity contribution in [3.8, 4) is 0 Å². The normalized spacial score (nSPS) is 9.29.